The molecular weight excluding hydrogens is 859 g/mol. The summed E-state index contributed by atoms with van der Waals surface area (Å²) in [4.78, 5) is 2.38. The molecule has 1 aliphatic carbocycles. The summed E-state index contributed by atoms with van der Waals surface area (Å²) in [6, 6.07) is 99.8. The smallest absolute Gasteiger partial charge is 0.159 e. The zero-order chi connectivity index (χ0) is 46.9. The topological polar surface area (TPSA) is 16.4 Å². The number of hydrogen-bond donors (Lipinski definition) is 0. The van der Waals surface area contributed by atoms with Crippen LogP contribution in [0.2, 0.25) is 0 Å². The molecule has 12 aromatic carbocycles. The average molecular weight is 904 g/mol. The number of furan rings is 1. The van der Waals surface area contributed by atoms with Crippen LogP contribution < -0.4 is 4.90 Å². The molecule has 0 radical (unpaired) electrons. The Kier molecular flexibility index (Phi) is 9.47. The van der Waals surface area contributed by atoms with E-state index in [4.69, 9.17) is 4.42 Å². The van der Waals surface area contributed by atoms with Crippen molar-refractivity contribution in [1.29, 1.82) is 0 Å². The van der Waals surface area contributed by atoms with Crippen LogP contribution >= 0.6 is 0 Å². The van der Waals surface area contributed by atoms with E-state index in [2.05, 4.69) is 272 Å². The highest BCUT2D eigenvalue weighted by Crippen LogP contribution is 2.57. The normalized spacial score (nSPS) is 12.6. The van der Waals surface area contributed by atoms with Gasteiger partial charge in [-0.15, -0.1) is 0 Å². The lowest BCUT2D eigenvalue weighted by molar-refractivity contribution is 0.669. The highest BCUT2D eigenvalue weighted by atomic mass is 16.3. The van der Waals surface area contributed by atoms with Crippen LogP contribution in [-0.4, -0.2) is 0 Å². The second kappa shape index (κ2) is 16.5. The molecule has 0 aliphatic heterocycles. The van der Waals surface area contributed by atoms with Crippen molar-refractivity contribution >= 4 is 60.5 Å². The van der Waals surface area contributed by atoms with Crippen LogP contribution in [0.15, 0.2) is 277 Å². The van der Waals surface area contributed by atoms with Crippen molar-refractivity contribution in [3.05, 3.63) is 295 Å². The fourth-order valence-corrected chi connectivity index (χ4v) is 11.5. The second-order valence-electron chi connectivity index (χ2n) is 18.8. The van der Waals surface area contributed by atoms with Crippen molar-refractivity contribution < 1.29 is 4.42 Å². The molecular formula is C69H45NO. The molecule has 2 heteroatoms. The highest BCUT2D eigenvalue weighted by molar-refractivity contribution is 6.10. The molecule has 0 bridgehead atoms. The van der Waals surface area contributed by atoms with Gasteiger partial charge >= 0.3 is 0 Å². The van der Waals surface area contributed by atoms with E-state index in [1.807, 2.05) is 6.07 Å². The maximum absolute atomic E-state index is 6.79. The minimum Gasteiger partial charge on any atom is -0.454 e. The third kappa shape index (κ3) is 6.64. The van der Waals surface area contributed by atoms with Crippen molar-refractivity contribution in [2.75, 3.05) is 4.90 Å². The molecule has 0 spiro atoms. The molecule has 0 N–H and O–H groups in total. The van der Waals surface area contributed by atoms with Gasteiger partial charge in [0.15, 0.2) is 5.58 Å². The molecule has 71 heavy (non-hydrogen) atoms. The van der Waals surface area contributed by atoms with Crippen LogP contribution in [0, 0.1) is 0 Å². The predicted octanol–water partition coefficient (Wildman–Crippen LogP) is 18.7. The Hall–Kier alpha value is -9.24. The zero-order valence-electron chi connectivity index (χ0n) is 38.8. The third-order valence-corrected chi connectivity index (χ3v) is 14.9. The average Bonchev–Trinajstić information content (AvgIpc) is 3.98. The molecule has 332 valence electrons. The first kappa shape index (κ1) is 40.8. The SMILES string of the molecule is c1ccc(C2(c3ccccc3)c3ccccc3-c3ccc(N(c4ccc(-c5ccc(-c6ccc7cc(-c8ccc9ccccc9c8)ccc7c6)cc5)cc4)c4cccc5c4oc4ccccc45)cc32)cc1. The quantitative estimate of drug-likeness (QED) is 0.151. The van der Waals surface area contributed by atoms with Gasteiger partial charge in [-0.2, -0.15) is 0 Å². The van der Waals surface area contributed by atoms with Crippen molar-refractivity contribution in [1.82, 2.24) is 0 Å². The number of fused-ring (bicyclic) bond motifs is 8. The van der Waals surface area contributed by atoms with Gasteiger partial charge in [-0.05, 0) is 143 Å². The first-order valence-electron chi connectivity index (χ1n) is 24.5. The zero-order valence-corrected chi connectivity index (χ0v) is 38.8. The number of rotatable bonds is 8. The van der Waals surface area contributed by atoms with Gasteiger partial charge in [-0.1, -0.05) is 218 Å². The molecule has 0 saturated heterocycles. The summed E-state index contributed by atoms with van der Waals surface area (Å²) in [6.07, 6.45) is 0. The molecule has 0 atom stereocenters. The van der Waals surface area contributed by atoms with Crippen molar-refractivity contribution in [3.63, 3.8) is 0 Å². The maximum Gasteiger partial charge on any atom is 0.159 e. The van der Waals surface area contributed by atoms with Crippen LogP contribution in [0.1, 0.15) is 22.3 Å². The Balaban J connectivity index is 0.847. The number of para-hydroxylation sites is 2. The van der Waals surface area contributed by atoms with Gasteiger partial charge in [0.2, 0.25) is 0 Å². The molecule has 1 aromatic heterocycles. The number of hydrogen-bond acceptors (Lipinski definition) is 2. The first-order chi connectivity index (χ1) is 35.2. The predicted molar refractivity (Wildman–Crippen MR) is 297 cm³/mol. The Morgan fingerprint density at radius 1 is 0.296 bits per heavy atom. The van der Waals surface area contributed by atoms with Gasteiger partial charge in [-0.25, -0.2) is 0 Å². The van der Waals surface area contributed by atoms with Crippen molar-refractivity contribution in [2.45, 2.75) is 5.41 Å². The third-order valence-electron chi connectivity index (χ3n) is 14.9. The van der Waals surface area contributed by atoms with E-state index < -0.39 is 5.41 Å². The van der Waals surface area contributed by atoms with Crippen LogP contribution in [0.4, 0.5) is 17.1 Å². The highest BCUT2D eigenvalue weighted by Gasteiger charge is 2.46. The summed E-state index contributed by atoms with van der Waals surface area (Å²) in [7, 11) is 0. The lowest BCUT2D eigenvalue weighted by Gasteiger charge is -2.35. The Morgan fingerprint density at radius 3 is 1.46 bits per heavy atom. The second-order valence-corrected chi connectivity index (χ2v) is 18.8. The van der Waals surface area contributed by atoms with Gasteiger partial charge in [0.05, 0.1) is 11.1 Å². The fourth-order valence-electron chi connectivity index (χ4n) is 11.5. The number of benzene rings is 12. The van der Waals surface area contributed by atoms with Crippen LogP contribution in [0.25, 0.3) is 88.0 Å². The minimum atomic E-state index is -0.535. The van der Waals surface area contributed by atoms with E-state index in [9.17, 15) is 0 Å². The van der Waals surface area contributed by atoms with Gasteiger partial charge in [0.25, 0.3) is 0 Å². The fraction of sp³-hybridized carbons (Fsp3) is 0.0145. The Morgan fingerprint density at radius 2 is 0.775 bits per heavy atom. The molecule has 0 amide bonds. The monoisotopic (exact) mass is 903 g/mol. The summed E-state index contributed by atoms with van der Waals surface area (Å²) in [6.45, 7) is 0. The molecule has 0 unspecified atom stereocenters. The largest absolute Gasteiger partial charge is 0.454 e. The van der Waals surface area contributed by atoms with Gasteiger partial charge in [-0.3, -0.25) is 0 Å². The lowest BCUT2D eigenvalue weighted by atomic mass is 9.67. The van der Waals surface area contributed by atoms with E-state index >= 15 is 0 Å². The van der Waals surface area contributed by atoms with E-state index in [0.717, 1.165) is 50.1 Å². The van der Waals surface area contributed by atoms with Crippen molar-refractivity contribution in [2.24, 2.45) is 0 Å². The van der Waals surface area contributed by atoms with E-state index in [0.29, 0.717) is 0 Å². The number of anilines is 3. The molecule has 1 aliphatic rings. The van der Waals surface area contributed by atoms with Gasteiger partial charge in [0.1, 0.15) is 5.58 Å². The van der Waals surface area contributed by atoms with Crippen LogP contribution in [0.5, 0.6) is 0 Å². The maximum atomic E-state index is 6.79. The summed E-state index contributed by atoms with van der Waals surface area (Å²) in [5.41, 5.74) is 19.0. The van der Waals surface area contributed by atoms with E-state index in [1.165, 1.54) is 77.2 Å². The van der Waals surface area contributed by atoms with E-state index in [1.54, 1.807) is 0 Å². The standard InChI is InChI=1S/C69H45NO/c1-3-16-56(17-4-1)69(57-18-5-2-6-19-57)64-23-11-9-20-60(64)61-41-40-59(45-65(61)69)70(66-24-13-22-63-62-21-10-12-25-67(62)71-68(63)66)58-38-36-48(37-39-58)47-26-28-49(29-27-47)51-32-33-54-44-55(35-34-53(54)43-51)52-31-30-46-14-7-8-15-50(46)42-52/h1-45H. The summed E-state index contributed by atoms with van der Waals surface area (Å²) >= 11 is 0. The minimum absolute atomic E-state index is 0.535. The van der Waals surface area contributed by atoms with Gasteiger partial charge in [0, 0.05) is 22.1 Å². The molecule has 2 nitrogen and oxygen atoms in total. The molecule has 0 fully saturated rings. The summed E-state index contributed by atoms with van der Waals surface area (Å²) < 4.78 is 6.79. The van der Waals surface area contributed by atoms with Gasteiger partial charge < -0.3 is 9.32 Å². The molecule has 0 saturated carbocycles. The van der Waals surface area contributed by atoms with Crippen molar-refractivity contribution in [3.8, 4) is 44.5 Å². The molecule has 14 rings (SSSR count). The molecule has 1 heterocycles. The first-order valence-corrected chi connectivity index (χ1v) is 24.5. The Labute approximate surface area is 413 Å². The van der Waals surface area contributed by atoms with Crippen LogP contribution in [0.3, 0.4) is 0 Å². The summed E-state index contributed by atoms with van der Waals surface area (Å²) in [5.74, 6) is 0. The lowest BCUT2D eigenvalue weighted by Crippen LogP contribution is -2.28. The summed E-state index contributed by atoms with van der Waals surface area (Å²) in [5, 5.41) is 7.18. The molecule has 13 aromatic rings. The Bertz CT molecular complexity index is 4110. The van der Waals surface area contributed by atoms with E-state index in [-0.39, 0.29) is 0 Å². The van der Waals surface area contributed by atoms with Crippen LogP contribution in [-0.2, 0) is 5.41 Å². The number of nitrogens with zero attached hydrogens (tertiary/aromatic N) is 1.